The molecular formula is C12H18ClN3O3. The molecule has 0 spiro atoms. The maximum Gasteiger partial charge on any atom is 0.289 e. The Morgan fingerprint density at radius 1 is 1.21 bits per heavy atom. The number of amides is 2. The highest BCUT2D eigenvalue weighted by Gasteiger charge is 2.25. The lowest BCUT2D eigenvalue weighted by Gasteiger charge is -2.34. The fourth-order valence-electron chi connectivity index (χ4n) is 2.00. The van der Waals surface area contributed by atoms with Gasteiger partial charge in [0.1, 0.15) is 0 Å². The van der Waals surface area contributed by atoms with Crippen LogP contribution >= 0.6 is 12.4 Å². The fourth-order valence-corrected chi connectivity index (χ4v) is 2.00. The maximum absolute atomic E-state index is 12.0. The lowest BCUT2D eigenvalue weighted by atomic mass is 10.2. The Hall–Kier alpha value is -1.53. The Balaban J connectivity index is 0.00000180. The van der Waals surface area contributed by atoms with Crippen molar-refractivity contribution in [3.05, 3.63) is 24.2 Å². The van der Waals surface area contributed by atoms with Crippen molar-refractivity contribution in [2.24, 2.45) is 5.73 Å². The quantitative estimate of drug-likeness (QED) is 0.869. The van der Waals surface area contributed by atoms with Gasteiger partial charge < -0.3 is 20.0 Å². The number of piperazine rings is 1. The molecule has 1 aromatic heterocycles. The van der Waals surface area contributed by atoms with Crippen molar-refractivity contribution in [2.75, 3.05) is 32.7 Å². The van der Waals surface area contributed by atoms with Gasteiger partial charge in [-0.05, 0) is 12.1 Å². The second kappa shape index (κ2) is 7.16. The molecule has 0 radical (unpaired) electrons. The third-order valence-electron chi connectivity index (χ3n) is 3.01. The third kappa shape index (κ3) is 3.71. The number of hydrogen-bond acceptors (Lipinski definition) is 4. The number of nitrogens with two attached hydrogens (primary N) is 1. The molecular weight excluding hydrogens is 270 g/mol. The molecule has 0 saturated carbocycles. The molecule has 2 amide bonds. The Labute approximate surface area is 117 Å². The third-order valence-corrected chi connectivity index (χ3v) is 3.01. The molecule has 1 saturated heterocycles. The summed E-state index contributed by atoms with van der Waals surface area (Å²) in [6.07, 6.45) is 1.85. The second-order valence-electron chi connectivity index (χ2n) is 4.19. The van der Waals surface area contributed by atoms with Crippen molar-refractivity contribution < 1.29 is 14.0 Å². The summed E-state index contributed by atoms with van der Waals surface area (Å²) in [6, 6.07) is 3.34. The van der Waals surface area contributed by atoms with Gasteiger partial charge >= 0.3 is 0 Å². The second-order valence-corrected chi connectivity index (χ2v) is 4.19. The van der Waals surface area contributed by atoms with Crippen molar-refractivity contribution >= 4 is 24.2 Å². The van der Waals surface area contributed by atoms with Gasteiger partial charge in [0, 0.05) is 39.1 Å². The summed E-state index contributed by atoms with van der Waals surface area (Å²) in [6.45, 7) is 2.56. The summed E-state index contributed by atoms with van der Waals surface area (Å²) < 4.78 is 5.07. The number of furan rings is 1. The van der Waals surface area contributed by atoms with E-state index in [0.29, 0.717) is 44.9 Å². The zero-order valence-corrected chi connectivity index (χ0v) is 11.4. The molecule has 0 unspecified atom stereocenters. The van der Waals surface area contributed by atoms with Crippen molar-refractivity contribution in [2.45, 2.75) is 6.42 Å². The number of carbonyl (C=O) groups is 2. The fraction of sp³-hybridized carbons (Fsp3) is 0.500. The molecule has 106 valence electrons. The van der Waals surface area contributed by atoms with Crippen LogP contribution in [0.2, 0.25) is 0 Å². The molecule has 1 aliphatic heterocycles. The van der Waals surface area contributed by atoms with E-state index >= 15 is 0 Å². The minimum Gasteiger partial charge on any atom is -0.459 e. The molecule has 19 heavy (non-hydrogen) atoms. The zero-order valence-electron chi connectivity index (χ0n) is 10.6. The van der Waals surface area contributed by atoms with Gasteiger partial charge in [-0.1, -0.05) is 0 Å². The monoisotopic (exact) mass is 287 g/mol. The maximum atomic E-state index is 12.0. The van der Waals surface area contributed by atoms with Crippen LogP contribution < -0.4 is 5.73 Å². The highest BCUT2D eigenvalue weighted by molar-refractivity contribution is 5.91. The minimum atomic E-state index is -0.120. The smallest absolute Gasteiger partial charge is 0.289 e. The first-order valence-electron chi connectivity index (χ1n) is 6.03. The highest BCUT2D eigenvalue weighted by atomic mass is 35.5. The van der Waals surface area contributed by atoms with Crippen LogP contribution in [0.4, 0.5) is 0 Å². The number of halogens is 1. The zero-order chi connectivity index (χ0) is 13.0. The molecule has 1 aliphatic rings. The lowest BCUT2D eigenvalue weighted by molar-refractivity contribution is -0.132. The first-order valence-corrected chi connectivity index (χ1v) is 6.03. The van der Waals surface area contributed by atoms with Crippen molar-refractivity contribution in [1.82, 2.24) is 9.80 Å². The number of nitrogens with zero attached hydrogens (tertiary/aromatic N) is 2. The molecule has 2 N–H and O–H groups in total. The van der Waals surface area contributed by atoms with Gasteiger partial charge in [0.05, 0.1) is 6.26 Å². The van der Waals surface area contributed by atoms with Crippen LogP contribution in [0.1, 0.15) is 17.0 Å². The van der Waals surface area contributed by atoms with Crippen LogP contribution in [0.25, 0.3) is 0 Å². The topological polar surface area (TPSA) is 79.8 Å². The molecule has 1 aromatic rings. The first kappa shape index (κ1) is 15.5. The summed E-state index contributed by atoms with van der Waals surface area (Å²) in [5.41, 5.74) is 5.35. The number of hydrogen-bond donors (Lipinski definition) is 1. The summed E-state index contributed by atoms with van der Waals surface area (Å²) in [7, 11) is 0. The van der Waals surface area contributed by atoms with Gasteiger partial charge in [0.15, 0.2) is 5.76 Å². The predicted octanol–water partition coefficient (Wildman–Crippen LogP) is 0.335. The van der Waals surface area contributed by atoms with Gasteiger partial charge in [0.25, 0.3) is 5.91 Å². The van der Waals surface area contributed by atoms with Crippen LogP contribution in [0.15, 0.2) is 22.8 Å². The Morgan fingerprint density at radius 3 is 2.37 bits per heavy atom. The summed E-state index contributed by atoms with van der Waals surface area (Å²) in [4.78, 5) is 27.0. The van der Waals surface area contributed by atoms with E-state index in [-0.39, 0.29) is 24.2 Å². The number of carbonyl (C=O) groups excluding carboxylic acids is 2. The van der Waals surface area contributed by atoms with E-state index in [4.69, 9.17) is 10.2 Å². The van der Waals surface area contributed by atoms with E-state index < -0.39 is 0 Å². The average Bonchev–Trinajstić information content (AvgIpc) is 2.92. The van der Waals surface area contributed by atoms with Crippen LogP contribution in [0, 0.1) is 0 Å². The normalized spacial score (nSPS) is 15.0. The SMILES string of the molecule is Cl.NCCC(=O)N1CCN(C(=O)c2ccco2)CC1. The number of rotatable bonds is 3. The van der Waals surface area contributed by atoms with Crippen LogP contribution in [-0.4, -0.2) is 54.3 Å². The van der Waals surface area contributed by atoms with Crippen molar-refractivity contribution in [3.63, 3.8) is 0 Å². The van der Waals surface area contributed by atoms with E-state index in [1.807, 2.05) is 0 Å². The molecule has 0 bridgehead atoms. The van der Waals surface area contributed by atoms with E-state index in [0.717, 1.165) is 0 Å². The van der Waals surface area contributed by atoms with Crippen molar-refractivity contribution in [3.8, 4) is 0 Å². The van der Waals surface area contributed by atoms with Gasteiger partial charge in [-0.2, -0.15) is 0 Å². The van der Waals surface area contributed by atoms with Gasteiger partial charge in [-0.3, -0.25) is 9.59 Å². The van der Waals surface area contributed by atoms with E-state index in [1.54, 1.807) is 21.9 Å². The van der Waals surface area contributed by atoms with E-state index in [2.05, 4.69) is 0 Å². The molecule has 0 aliphatic carbocycles. The van der Waals surface area contributed by atoms with E-state index in [9.17, 15) is 9.59 Å². The lowest BCUT2D eigenvalue weighted by Crippen LogP contribution is -2.50. The Bertz CT molecular complexity index is 414. The van der Waals surface area contributed by atoms with Crippen molar-refractivity contribution in [1.29, 1.82) is 0 Å². The largest absolute Gasteiger partial charge is 0.459 e. The summed E-state index contributed by atoms with van der Waals surface area (Å²) >= 11 is 0. The summed E-state index contributed by atoms with van der Waals surface area (Å²) in [5.74, 6) is 0.283. The summed E-state index contributed by atoms with van der Waals surface area (Å²) in [5, 5.41) is 0. The molecule has 0 aromatic carbocycles. The highest BCUT2D eigenvalue weighted by Crippen LogP contribution is 2.09. The minimum absolute atomic E-state index is 0. The molecule has 2 rings (SSSR count). The Kier molecular flexibility index (Phi) is 5.85. The molecule has 2 heterocycles. The van der Waals surface area contributed by atoms with Gasteiger partial charge in [-0.25, -0.2) is 0 Å². The van der Waals surface area contributed by atoms with Gasteiger partial charge in [-0.15, -0.1) is 12.4 Å². The standard InChI is InChI=1S/C12H17N3O3.ClH/c13-4-3-11(16)14-5-7-15(8-6-14)12(17)10-2-1-9-18-10;/h1-2,9H,3-8,13H2;1H. The van der Waals surface area contributed by atoms with Crippen LogP contribution in [0.3, 0.4) is 0 Å². The van der Waals surface area contributed by atoms with Crippen LogP contribution in [-0.2, 0) is 4.79 Å². The molecule has 6 nitrogen and oxygen atoms in total. The van der Waals surface area contributed by atoms with Crippen LogP contribution in [0.5, 0.6) is 0 Å². The predicted molar refractivity (Wildman–Crippen MR) is 72.1 cm³/mol. The molecule has 0 atom stereocenters. The first-order chi connectivity index (χ1) is 8.72. The molecule has 1 fully saturated rings. The van der Waals surface area contributed by atoms with Gasteiger partial charge in [0.2, 0.25) is 5.91 Å². The molecule has 7 heteroatoms. The Morgan fingerprint density at radius 2 is 1.84 bits per heavy atom. The van der Waals surface area contributed by atoms with E-state index in [1.165, 1.54) is 6.26 Å². The average molecular weight is 288 g/mol.